The molecule has 1 aromatic heterocycles. The van der Waals surface area contributed by atoms with Crippen LogP contribution in [0.1, 0.15) is 26.5 Å². The predicted molar refractivity (Wildman–Crippen MR) is 85.2 cm³/mol. The number of rotatable bonds is 5. The summed E-state index contributed by atoms with van der Waals surface area (Å²) in [5.41, 5.74) is 2.00. The molecule has 106 valence electrons. The highest BCUT2D eigenvalue weighted by Gasteiger charge is 2.08. The molecule has 0 unspecified atom stereocenters. The van der Waals surface area contributed by atoms with E-state index in [9.17, 15) is 0 Å². The summed E-state index contributed by atoms with van der Waals surface area (Å²) in [5, 5.41) is 3.96. The molecule has 0 saturated heterocycles. The first-order valence-corrected chi connectivity index (χ1v) is 7.34. The summed E-state index contributed by atoms with van der Waals surface area (Å²) in [6, 6.07) is 9.68. The summed E-state index contributed by atoms with van der Waals surface area (Å²) in [6.07, 6.45) is 0.939. The van der Waals surface area contributed by atoms with Crippen molar-refractivity contribution >= 4 is 17.4 Å². The van der Waals surface area contributed by atoms with E-state index in [0.717, 1.165) is 35.9 Å². The summed E-state index contributed by atoms with van der Waals surface area (Å²) in [6.45, 7) is 7.28. The molecule has 0 spiro atoms. The first-order valence-electron chi connectivity index (χ1n) is 6.96. The molecule has 4 heteroatoms. The smallest absolute Gasteiger partial charge is 0.161 e. The van der Waals surface area contributed by atoms with Gasteiger partial charge in [-0.15, -0.1) is 0 Å². The number of nitrogens with one attached hydrogen (secondary N) is 1. The van der Waals surface area contributed by atoms with Gasteiger partial charge in [0.2, 0.25) is 0 Å². The molecule has 20 heavy (non-hydrogen) atoms. The number of halogens is 1. The molecule has 0 aliphatic heterocycles. The highest BCUT2D eigenvalue weighted by molar-refractivity contribution is 6.30. The minimum atomic E-state index is 0.562. The second kappa shape index (κ2) is 6.71. The van der Waals surface area contributed by atoms with Crippen molar-refractivity contribution in [2.24, 2.45) is 5.92 Å². The van der Waals surface area contributed by atoms with E-state index in [1.807, 2.05) is 30.3 Å². The third kappa shape index (κ3) is 3.94. The van der Waals surface area contributed by atoms with E-state index in [4.69, 9.17) is 11.6 Å². The molecular formula is C16H20ClN3. The highest BCUT2D eigenvalue weighted by Crippen LogP contribution is 2.22. The van der Waals surface area contributed by atoms with Gasteiger partial charge in [-0.25, -0.2) is 9.97 Å². The topological polar surface area (TPSA) is 37.8 Å². The Morgan fingerprint density at radius 2 is 2.00 bits per heavy atom. The van der Waals surface area contributed by atoms with Crippen LogP contribution in [-0.4, -0.2) is 16.5 Å². The van der Waals surface area contributed by atoms with E-state index in [1.54, 1.807) is 0 Å². The van der Waals surface area contributed by atoms with E-state index in [2.05, 4.69) is 36.1 Å². The largest absolute Gasteiger partial charge is 0.370 e. The van der Waals surface area contributed by atoms with Crippen molar-refractivity contribution < 1.29 is 0 Å². The van der Waals surface area contributed by atoms with E-state index in [1.165, 1.54) is 0 Å². The van der Waals surface area contributed by atoms with Crippen molar-refractivity contribution in [3.05, 3.63) is 41.0 Å². The molecule has 0 aliphatic carbocycles. The fourth-order valence-electron chi connectivity index (χ4n) is 2.05. The van der Waals surface area contributed by atoms with Crippen molar-refractivity contribution in [2.75, 3.05) is 11.9 Å². The molecule has 0 saturated carbocycles. The van der Waals surface area contributed by atoms with Gasteiger partial charge in [-0.1, -0.05) is 37.6 Å². The molecule has 0 bridgehead atoms. The van der Waals surface area contributed by atoms with Gasteiger partial charge in [0.15, 0.2) is 5.82 Å². The number of hydrogen-bond donors (Lipinski definition) is 1. The molecule has 2 aromatic rings. The van der Waals surface area contributed by atoms with Crippen molar-refractivity contribution in [3.8, 4) is 11.4 Å². The maximum Gasteiger partial charge on any atom is 0.161 e. The lowest BCUT2D eigenvalue weighted by Crippen LogP contribution is -2.06. The Bertz CT molecular complexity index is 582. The highest BCUT2D eigenvalue weighted by atomic mass is 35.5. The SMILES string of the molecule is CCNc1cc(CC(C)C)nc(-c2cccc(Cl)c2)n1. The Morgan fingerprint density at radius 1 is 1.20 bits per heavy atom. The fraction of sp³-hybridized carbons (Fsp3) is 0.375. The lowest BCUT2D eigenvalue weighted by atomic mass is 10.1. The van der Waals surface area contributed by atoms with Gasteiger partial charge >= 0.3 is 0 Å². The van der Waals surface area contributed by atoms with Crippen LogP contribution >= 0.6 is 11.6 Å². The van der Waals surface area contributed by atoms with Gasteiger partial charge in [-0.3, -0.25) is 0 Å². The van der Waals surface area contributed by atoms with Crippen LogP contribution in [0.15, 0.2) is 30.3 Å². The van der Waals surface area contributed by atoms with Crippen LogP contribution in [0.3, 0.4) is 0 Å². The number of aromatic nitrogens is 2. The van der Waals surface area contributed by atoms with E-state index in [0.29, 0.717) is 10.9 Å². The Morgan fingerprint density at radius 3 is 2.65 bits per heavy atom. The molecule has 2 rings (SSSR count). The second-order valence-corrected chi connectivity index (χ2v) is 5.64. The summed E-state index contributed by atoms with van der Waals surface area (Å²) in [4.78, 5) is 9.22. The van der Waals surface area contributed by atoms with Crippen LogP contribution in [0.2, 0.25) is 5.02 Å². The van der Waals surface area contributed by atoms with E-state index >= 15 is 0 Å². The molecule has 0 amide bonds. The first-order chi connectivity index (χ1) is 9.58. The fourth-order valence-corrected chi connectivity index (χ4v) is 2.24. The predicted octanol–water partition coefficient (Wildman–Crippen LogP) is 4.43. The molecule has 1 heterocycles. The molecule has 1 N–H and O–H groups in total. The average molecular weight is 290 g/mol. The zero-order valence-electron chi connectivity index (χ0n) is 12.2. The van der Waals surface area contributed by atoms with Gasteiger partial charge in [-0.2, -0.15) is 0 Å². The minimum absolute atomic E-state index is 0.562. The molecule has 0 atom stereocenters. The average Bonchev–Trinajstić information content (AvgIpc) is 2.38. The van der Waals surface area contributed by atoms with Crippen LogP contribution in [0.5, 0.6) is 0 Å². The molecule has 1 aromatic carbocycles. The van der Waals surface area contributed by atoms with Crippen molar-refractivity contribution in [2.45, 2.75) is 27.2 Å². The number of nitrogens with zero attached hydrogens (tertiary/aromatic N) is 2. The Kier molecular flexibility index (Phi) is 4.96. The van der Waals surface area contributed by atoms with Crippen LogP contribution < -0.4 is 5.32 Å². The monoisotopic (exact) mass is 289 g/mol. The molecule has 3 nitrogen and oxygen atoms in total. The number of benzene rings is 1. The third-order valence-corrected chi connectivity index (χ3v) is 3.07. The maximum absolute atomic E-state index is 6.05. The number of anilines is 1. The Labute approximate surface area is 125 Å². The van der Waals surface area contributed by atoms with E-state index < -0.39 is 0 Å². The lowest BCUT2D eigenvalue weighted by molar-refractivity contribution is 0.635. The number of hydrogen-bond acceptors (Lipinski definition) is 3. The zero-order chi connectivity index (χ0) is 14.5. The van der Waals surface area contributed by atoms with Gasteiger partial charge in [0, 0.05) is 28.9 Å². The molecular weight excluding hydrogens is 270 g/mol. The quantitative estimate of drug-likeness (QED) is 0.885. The Hall–Kier alpha value is -1.61. The standard InChI is InChI=1S/C16H20ClN3/c1-4-18-15-10-14(8-11(2)3)19-16(20-15)12-6-5-7-13(17)9-12/h5-7,9-11H,4,8H2,1-3H3,(H,18,19,20). The van der Waals surface area contributed by atoms with Crippen molar-refractivity contribution in [1.29, 1.82) is 0 Å². The maximum atomic E-state index is 6.05. The molecule has 0 fully saturated rings. The first kappa shape index (κ1) is 14.8. The second-order valence-electron chi connectivity index (χ2n) is 5.21. The minimum Gasteiger partial charge on any atom is -0.370 e. The summed E-state index contributed by atoms with van der Waals surface area (Å²) in [5.74, 6) is 2.15. The third-order valence-electron chi connectivity index (χ3n) is 2.84. The van der Waals surface area contributed by atoms with Crippen LogP contribution in [-0.2, 0) is 6.42 Å². The molecule has 0 aliphatic rings. The van der Waals surface area contributed by atoms with Crippen LogP contribution in [0, 0.1) is 5.92 Å². The van der Waals surface area contributed by atoms with Crippen LogP contribution in [0.25, 0.3) is 11.4 Å². The van der Waals surface area contributed by atoms with Gasteiger partial charge < -0.3 is 5.32 Å². The Balaban J connectivity index is 2.43. The van der Waals surface area contributed by atoms with Gasteiger partial charge in [0.05, 0.1) is 0 Å². The summed E-state index contributed by atoms with van der Waals surface area (Å²) < 4.78 is 0. The van der Waals surface area contributed by atoms with Crippen molar-refractivity contribution in [1.82, 2.24) is 9.97 Å². The zero-order valence-corrected chi connectivity index (χ0v) is 12.9. The lowest BCUT2D eigenvalue weighted by Gasteiger charge is -2.10. The molecule has 0 radical (unpaired) electrons. The van der Waals surface area contributed by atoms with Gasteiger partial charge in [0.25, 0.3) is 0 Å². The van der Waals surface area contributed by atoms with Gasteiger partial charge in [-0.05, 0) is 31.4 Å². The van der Waals surface area contributed by atoms with Gasteiger partial charge in [0.1, 0.15) is 5.82 Å². The van der Waals surface area contributed by atoms with Crippen molar-refractivity contribution in [3.63, 3.8) is 0 Å². The summed E-state index contributed by atoms with van der Waals surface area (Å²) >= 11 is 6.05. The summed E-state index contributed by atoms with van der Waals surface area (Å²) in [7, 11) is 0. The van der Waals surface area contributed by atoms with Crippen LogP contribution in [0.4, 0.5) is 5.82 Å². The normalized spacial score (nSPS) is 10.8. The van der Waals surface area contributed by atoms with E-state index in [-0.39, 0.29) is 0 Å².